The number of halogens is 1. The number of benzene rings is 2. The molecule has 0 saturated heterocycles. The molecule has 0 spiro atoms. The van der Waals surface area contributed by atoms with Crippen LogP contribution in [0.4, 0.5) is 4.39 Å². The largest absolute Gasteiger partial charge is 0.446 e. The van der Waals surface area contributed by atoms with Crippen molar-refractivity contribution in [1.82, 2.24) is 10.6 Å². The molecule has 7 heteroatoms. The van der Waals surface area contributed by atoms with Gasteiger partial charge in [0, 0.05) is 11.6 Å². The van der Waals surface area contributed by atoms with Crippen LogP contribution in [0.2, 0.25) is 0 Å². The third-order valence-corrected chi connectivity index (χ3v) is 4.03. The molecule has 0 unspecified atom stereocenters. The normalized spacial score (nSPS) is 14.1. The van der Waals surface area contributed by atoms with Crippen molar-refractivity contribution in [2.75, 3.05) is 6.54 Å². The highest BCUT2D eigenvalue weighted by atomic mass is 19.1. The van der Waals surface area contributed by atoms with Gasteiger partial charge < -0.3 is 15.4 Å². The van der Waals surface area contributed by atoms with E-state index in [4.69, 9.17) is 4.74 Å². The van der Waals surface area contributed by atoms with Gasteiger partial charge in [0.1, 0.15) is 12.4 Å². The Kier molecular flexibility index (Phi) is 5.80. The third-order valence-electron chi connectivity index (χ3n) is 4.03. The van der Waals surface area contributed by atoms with Crippen LogP contribution >= 0.6 is 0 Å². The van der Waals surface area contributed by atoms with E-state index in [2.05, 4.69) is 10.6 Å². The first-order chi connectivity index (χ1) is 13.0. The molecule has 2 N–H and O–H groups in total. The maximum absolute atomic E-state index is 13.6. The minimum Gasteiger partial charge on any atom is -0.446 e. The molecule has 6 nitrogen and oxygen atoms in total. The molecule has 0 aromatic heterocycles. The Balaban J connectivity index is 1.61. The molecule has 2 aromatic carbocycles. The molecule has 0 aliphatic heterocycles. The number of amides is 2. The second-order valence-electron chi connectivity index (χ2n) is 6.23. The lowest BCUT2D eigenvalue weighted by Gasteiger charge is -2.18. The number of carbonyl (C=O) groups is 3. The summed E-state index contributed by atoms with van der Waals surface area (Å²) in [4.78, 5) is 36.5. The zero-order valence-corrected chi connectivity index (χ0v) is 14.5. The number of esters is 1. The van der Waals surface area contributed by atoms with E-state index in [1.54, 1.807) is 30.3 Å². The van der Waals surface area contributed by atoms with Crippen molar-refractivity contribution >= 4 is 17.8 Å². The van der Waals surface area contributed by atoms with Crippen molar-refractivity contribution in [3.63, 3.8) is 0 Å². The molecule has 2 amide bonds. The van der Waals surface area contributed by atoms with Gasteiger partial charge in [0.25, 0.3) is 11.8 Å². The minimum atomic E-state index is -1.11. The Morgan fingerprint density at radius 1 is 1.04 bits per heavy atom. The summed E-state index contributed by atoms with van der Waals surface area (Å²) in [5.74, 6) is -2.62. The second kappa shape index (κ2) is 8.44. The van der Waals surface area contributed by atoms with Crippen molar-refractivity contribution in [3.8, 4) is 0 Å². The van der Waals surface area contributed by atoms with Crippen LogP contribution in [0.5, 0.6) is 0 Å². The van der Waals surface area contributed by atoms with Crippen LogP contribution in [0.3, 0.4) is 0 Å². The van der Waals surface area contributed by atoms with Gasteiger partial charge in [0.2, 0.25) is 6.10 Å². The Hall–Kier alpha value is -3.22. The first-order valence-electron chi connectivity index (χ1n) is 8.62. The lowest BCUT2D eigenvalue weighted by Crippen LogP contribution is -2.36. The number of carbonyl (C=O) groups excluding carboxylic acids is 3. The summed E-state index contributed by atoms with van der Waals surface area (Å²) in [7, 11) is 0. The van der Waals surface area contributed by atoms with Crippen LogP contribution in [-0.2, 0) is 14.3 Å². The Morgan fingerprint density at radius 2 is 1.70 bits per heavy atom. The average Bonchev–Trinajstić information content (AvgIpc) is 3.49. The summed E-state index contributed by atoms with van der Waals surface area (Å²) in [6.07, 6.45) is 0.699. The van der Waals surface area contributed by atoms with E-state index in [1.165, 1.54) is 18.2 Å². The molecule has 0 radical (unpaired) electrons. The van der Waals surface area contributed by atoms with Crippen molar-refractivity contribution < 1.29 is 23.5 Å². The van der Waals surface area contributed by atoms with Gasteiger partial charge in [-0.25, -0.2) is 4.39 Å². The SMILES string of the molecule is O=C(CNC(=O)c1ccccc1F)O[C@@H](C(=O)NC1CC1)c1ccccc1. The predicted molar refractivity (Wildman–Crippen MR) is 95.2 cm³/mol. The standard InChI is InChI=1S/C20H19FN2O4/c21-16-9-5-4-8-15(16)19(25)22-12-17(24)27-18(13-6-2-1-3-7-13)20(26)23-14-10-11-14/h1-9,14,18H,10-12H2,(H,22,25)(H,23,26)/t18-/m1/s1. The van der Waals surface area contributed by atoms with Crippen LogP contribution in [0, 0.1) is 5.82 Å². The minimum absolute atomic E-state index is 0.114. The Bertz CT molecular complexity index is 837. The highest BCUT2D eigenvalue weighted by molar-refractivity contribution is 5.96. The number of nitrogens with one attached hydrogen (secondary N) is 2. The molecule has 2 aromatic rings. The summed E-state index contributed by atoms with van der Waals surface area (Å²) in [5, 5.41) is 5.11. The Morgan fingerprint density at radius 3 is 2.37 bits per heavy atom. The van der Waals surface area contributed by atoms with Crippen molar-refractivity contribution in [2.24, 2.45) is 0 Å². The van der Waals surface area contributed by atoms with Gasteiger partial charge in [-0.2, -0.15) is 0 Å². The monoisotopic (exact) mass is 370 g/mol. The van der Waals surface area contributed by atoms with Gasteiger partial charge >= 0.3 is 5.97 Å². The average molecular weight is 370 g/mol. The maximum Gasteiger partial charge on any atom is 0.326 e. The summed E-state index contributed by atoms with van der Waals surface area (Å²) in [6.45, 7) is -0.479. The second-order valence-corrected chi connectivity index (χ2v) is 6.23. The predicted octanol–water partition coefficient (Wildman–Crippen LogP) is 2.12. The van der Waals surface area contributed by atoms with Crippen LogP contribution in [-0.4, -0.2) is 30.4 Å². The van der Waals surface area contributed by atoms with E-state index >= 15 is 0 Å². The highest BCUT2D eigenvalue weighted by Gasteiger charge is 2.30. The van der Waals surface area contributed by atoms with E-state index in [0.717, 1.165) is 18.9 Å². The molecule has 1 fully saturated rings. The van der Waals surface area contributed by atoms with Gasteiger partial charge in [-0.3, -0.25) is 14.4 Å². The molecular weight excluding hydrogens is 351 g/mol. The molecule has 0 heterocycles. The topological polar surface area (TPSA) is 84.5 Å². The van der Waals surface area contributed by atoms with E-state index in [0.29, 0.717) is 5.56 Å². The molecular formula is C20H19FN2O4. The summed E-state index contributed by atoms with van der Waals surface area (Å²) in [5.41, 5.74) is 0.362. The number of hydrogen-bond donors (Lipinski definition) is 2. The van der Waals surface area contributed by atoms with Gasteiger partial charge in [-0.1, -0.05) is 42.5 Å². The van der Waals surface area contributed by atoms with Gasteiger partial charge in [0.05, 0.1) is 5.56 Å². The fourth-order valence-corrected chi connectivity index (χ4v) is 2.47. The molecule has 27 heavy (non-hydrogen) atoms. The van der Waals surface area contributed by atoms with Gasteiger partial charge in [-0.15, -0.1) is 0 Å². The van der Waals surface area contributed by atoms with Crippen molar-refractivity contribution in [1.29, 1.82) is 0 Å². The molecule has 1 atom stereocenters. The van der Waals surface area contributed by atoms with E-state index in [1.807, 2.05) is 0 Å². The highest BCUT2D eigenvalue weighted by Crippen LogP contribution is 2.23. The molecule has 140 valence electrons. The number of hydrogen-bond acceptors (Lipinski definition) is 4. The maximum atomic E-state index is 13.6. The first-order valence-corrected chi connectivity index (χ1v) is 8.62. The van der Waals surface area contributed by atoms with Crippen LogP contribution in [0.1, 0.15) is 34.9 Å². The van der Waals surface area contributed by atoms with Crippen LogP contribution < -0.4 is 10.6 Å². The molecule has 0 bridgehead atoms. The van der Waals surface area contributed by atoms with Crippen molar-refractivity contribution in [2.45, 2.75) is 25.0 Å². The quantitative estimate of drug-likeness (QED) is 0.731. The fourth-order valence-electron chi connectivity index (χ4n) is 2.47. The van der Waals surface area contributed by atoms with Crippen LogP contribution in [0.15, 0.2) is 54.6 Å². The first kappa shape index (κ1) is 18.6. The summed E-state index contributed by atoms with van der Waals surface area (Å²) in [6, 6.07) is 14.2. The molecule has 1 aliphatic carbocycles. The molecule has 1 aliphatic rings. The van der Waals surface area contributed by atoms with Crippen LogP contribution in [0.25, 0.3) is 0 Å². The zero-order valence-electron chi connectivity index (χ0n) is 14.5. The summed E-state index contributed by atoms with van der Waals surface area (Å²) >= 11 is 0. The number of rotatable bonds is 7. The lowest BCUT2D eigenvalue weighted by molar-refractivity contribution is -0.155. The zero-order chi connectivity index (χ0) is 19.2. The van der Waals surface area contributed by atoms with Gasteiger partial charge in [0.15, 0.2) is 0 Å². The smallest absolute Gasteiger partial charge is 0.326 e. The Labute approximate surface area is 155 Å². The van der Waals surface area contributed by atoms with Gasteiger partial charge in [-0.05, 0) is 25.0 Å². The third kappa shape index (κ3) is 5.13. The lowest BCUT2D eigenvalue weighted by atomic mass is 10.1. The molecule has 3 rings (SSSR count). The molecule has 1 saturated carbocycles. The van der Waals surface area contributed by atoms with E-state index in [9.17, 15) is 18.8 Å². The fraction of sp³-hybridized carbons (Fsp3) is 0.250. The van der Waals surface area contributed by atoms with Crippen molar-refractivity contribution in [3.05, 3.63) is 71.5 Å². The number of ether oxygens (including phenoxy) is 1. The van der Waals surface area contributed by atoms with E-state index < -0.39 is 36.2 Å². The summed E-state index contributed by atoms with van der Waals surface area (Å²) < 4.78 is 18.9. The van der Waals surface area contributed by atoms with E-state index in [-0.39, 0.29) is 11.6 Å².